The first-order valence-electron chi connectivity index (χ1n) is 8.29. The fraction of sp³-hybridized carbons (Fsp3) is 0.353. The number of aromatic nitrogens is 2. The second kappa shape index (κ2) is 9.93. The normalized spacial score (nSPS) is 12.5. The Morgan fingerprint density at radius 3 is 2.82 bits per heavy atom. The monoisotopic (exact) mass is 456 g/mol. The van der Waals surface area contributed by atoms with Crippen LogP contribution in [0.3, 0.4) is 0 Å². The smallest absolute Gasteiger partial charge is 0.335 e. The lowest BCUT2D eigenvalue weighted by molar-refractivity contribution is -0.144. The van der Waals surface area contributed by atoms with Gasteiger partial charge in [0, 0.05) is 0 Å². The molecule has 0 aliphatic heterocycles. The molecule has 0 aliphatic carbocycles. The predicted octanol–water partition coefficient (Wildman–Crippen LogP) is 3.32. The van der Waals surface area contributed by atoms with Gasteiger partial charge in [0.25, 0.3) is 0 Å². The van der Waals surface area contributed by atoms with Crippen molar-refractivity contribution in [3.8, 4) is 0 Å². The van der Waals surface area contributed by atoms with E-state index in [9.17, 15) is 14.0 Å². The van der Waals surface area contributed by atoms with Crippen LogP contribution in [0.4, 0.5) is 10.2 Å². The molecule has 1 aromatic carbocycles. The van der Waals surface area contributed by atoms with Gasteiger partial charge in [0.15, 0.2) is 5.69 Å². The average Bonchev–Trinajstić information content (AvgIpc) is 3.13. The summed E-state index contributed by atoms with van der Waals surface area (Å²) in [5.74, 6) is -2.14. The zero-order valence-electron chi connectivity index (χ0n) is 15.1. The van der Waals surface area contributed by atoms with Crippen LogP contribution < -0.4 is 5.32 Å². The summed E-state index contributed by atoms with van der Waals surface area (Å²) in [4.78, 5) is 27.7. The summed E-state index contributed by atoms with van der Waals surface area (Å²) in [6, 6.07) is 4.59. The molecule has 1 heterocycles. The maximum Gasteiger partial charge on any atom is 0.335 e. The first-order valence-corrected chi connectivity index (χ1v) is 9.09. The first-order chi connectivity index (χ1) is 13.3. The van der Waals surface area contributed by atoms with E-state index in [2.05, 4.69) is 41.3 Å². The molecule has 9 nitrogen and oxygen atoms in total. The van der Waals surface area contributed by atoms with E-state index in [0.717, 1.165) is 5.56 Å². The van der Waals surface area contributed by atoms with Crippen LogP contribution in [0.25, 0.3) is 0 Å². The van der Waals surface area contributed by atoms with Crippen molar-refractivity contribution in [2.75, 3.05) is 11.9 Å². The number of hydrogen-bond acceptors (Lipinski definition) is 8. The number of oxime groups is 1. The lowest BCUT2D eigenvalue weighted by Gasteiger charge is -2.14. The minimum Gasteiger partial charge on any atom is -0.480 e. The Kier molecular flexibility index (Phi) is 7.61. The van der Waals surface area contributed by atoms with Crippen LogP contribution in [0.2, 0.25) is 0 Å². The summed E-state index contributed by atoms with van der Waals surface area (Å²) in [7, 11) is 0. The number of benzene rings is 1. The highest BCUT2D eigenvalue weighted by molar-refractivity contribution is 9.10. The number of aliphatic carboxylic acids is 1. The summed E-state index contributed by atoms with van der Waals surface area (Å²) in [5.41, 5.74) is 1.11. The van der Waals surface area contributed by atoms with Crippen molar-refractivity contribution in [2.24, 2.45) is 5.16 Å². The first kappa shape index (κ1) is 21.5. The van der Waals surface area contributed by atoms with Gasteiger partial charge in [-0.25, -0.2) is 13.8 Å². The number of rotatable bonds is 9. The number of carbonyl (C=O) groups is 2. The third-order valence-electron chi connectivity index (χ3n) is 3.84. The van der Waals surface area contributed by atoms with E-state index < -0.39 is 11.9 Å². The summed E-state index contributed by atoms with van der Waals surface area (Å²) >= 11 is 3.13. The Labute approximate surface area is 168 Å². The predicted molar refractivity (Wildman–Crippen MR) is 100 cm³/mol. The Balaban J connectivity index is 2.01. The Morgan fingerprint density at radius 2 is 2.18 bits per heavy atom. The summed E-state index contributed by atoms with van der Waals surface area (Å²) < 4.78 is 18.3. The number of halogens is 2. The van der Waals surface area contributed by atoms with Crippen LogP contribution >= 0.6 is 15.9 Å². The molecule has 1 aromatic heterocycles. The highest BCUT2D eigenvalue weighted by atomic mass is 79.9. The number of carbonyl (C=O) groups excluding carboxylic acids is 1. The Hall–Kier alpha value is -2.82. The van der Waals surface area contributed by atoms with Crippen LogP contribution in [-0.2, 0) is 14.4 Å². The molecule has 1 atom stereocenters. The number of carboxylic acids is 1. The van der Waals surface area contributed by atoms with Gasteiger partial charge >= 0.3 is 11.9 Å². The molecule has 0 fully saturated rings. The third-order valence-corrected chi connectivity index (χ3v) is 4.45. The van der Waals surface area contributed by atoms with Crippen molar-refractivity contribution in [3.63, 3.8) is 0 Å². The van der Waals surface area contributed by atoms with Crippen molar-refractivity contribution >= 4 is 39.4 Å². The molecule has 2 N–H and O–H groups in total. The van der Waals surface area contributed by atoms with Gasteiger partial charge in [-0.2, -0.15) is 0 Å². The van der Waals surface area contributed by atoms with Gasteiger partial charge in [0.05, 0.1) is 10.9 Å². The summed E-state index contributed by atoms with van der Waals surface area (Å²) in [6.45, 7) is 3.03. The lowest BCUT2D eigenvalue weighted by Crippen LogP contribution is -2.15. The van der Waals surface area contributed by atoms with E-state index in [1.54, 1.807) is 12.1 Å². The Bertz CT molecular complexity index is 886. The highest BCUT2D eigenvalue weighted by Gasteiger charge is 2.18. The summed E-state index contributed by atoms with van der Waals surface area (Å²) in [5, 5.41) is 22.1. The van der Waals surface area contributed by atoms with Gasteiger partial charge in [-0.3, -0.25) is 4.79 Å². The van der Waals surface area contributed by atoms with Gasteiger partial charge in [-0.1, -0.05) is 18.1 Å². The molecule has 0 bridgehead atoms. The minimum absolute atomic E-state index is 0.0482. The fourth-order valence-electron chi connectivity index (χ4n) is 2.37. The Morgan fingerprint density at radius 1 is 1.43 bits per heavy atom. The average molecular weight is 457 g/mol. The fourth-order valence-corrected chi connectivity index (χ4v) is 2.76. The molecule has 1 unspecified atom stereocenters. The van der Waals surface area contributed by atoms with E-state index >= 15 is 0 Å². The molecule has 0 aliphatic rings. The second-order valence-corrected chi connectivity index (χ2v) is 6.69. The molecular formula is C17H18BrFN4O5. The van der Waals surface area contributed by atoms with Crippen molar-refractivity contribution in [2.45, 2.75) is 32.6 Å². The molecule has 0 radical (unpaired) electrons. The van der Waals surface area contributed by atoms with Gasteiger partial charge in [0.1, 0.15) is 18.1 Å². The van der Waals surface area contributed by atoms with E-state index in [-0.39, 0.29) is 41.9 Å². The molecule has 150 valence electrons. The van der Waals surface area contributed by atoms with Crippen molar-refractivity contribution < 1.29 is 28.6 Å². The molecule has 0 saturated heterocycles. The minimum atomic E-state index is -1.09. The van der Waals surface area contributed by atoms with Crippen LogP contribution in [0, 0.1) is 5.82 Å². The van der Waals surface area contributed by atoms with E-state index in [1.807, 2.05) is 6.92 Å². The largest absolute Gasteiger partial charge is 0.480 e. The second-order valence-electron chi connectivity index (χ2n) is 5.83. The molecule has 0 saturated carbocycles. The molecular weight excluding hydrogens is 439 g/mol. The van der Waals surface area contributed by atoms with Gasteiger partial charge in [-0.15, -0.1) is 0 Å². The maximum absolute atomic E-state index is 13.4. The van der Waals surface area contributed by atoms with Crippen LogP contribution in [-0.4, -0.2) is 39.6 Å². The third kappa shape index (κ3) is 5.84. The molecule has 2 aromatic rings. The number of hydrogen-bond donors (Lipinski definition) is 2. The zero-order valence-corrected chi connectivity index (χ0v) is 16.7. The highest BCUT2D eigenvalue weighted by Crippen LogP contribution is 2.27. The molecule has 11 heteroatoms. The molecule has 0 spiro atoms. The number of carboxylic acid groups (broad SMARTS) is 1. The van der Waals surface area contributed by atoms with Crippen LogP contribution in [0.1, 0.15) is 43.9 Å². The topological polar surface area (TPSA) is 127 Å². The quantitative estimate of drug-likeness (QED) is 0.334. The van der Waals surface area contributed by atoms with Crippen molar-refractivity contribution in [1.29, 1.82) is 0 Å². The van der Waals surface area contributed by atoms with Gasteiger partial charge in [-0.05, 0) is 63.2 Å². The van der Waals surface area contributed by atoms with Crippen molar-refractivity contribution in [3.05, 3.63) is 39.7 Å². The van der Waals surface area contributed by atoms with Crippen molar-refractivity contribution in [1.82, 2.24) is 10.3 Å². The van der Waals surface area contributed by atoms with E-state index in [1.165, 1.54) is 13.0 Å². The number of nitrogens with zero attached hydrogens (tertiary/aromatic N) is 3. The standard InChI is InChI=1S/C17H18BrFN4O5/c1-3-10(11-4-5-13(19)12(18)6-11)7-15(26)27-21-9(2)16-17(23-28-22-16)20-8-14(24)25/h4-6,10H,3,7-8H2,1-2H3,(H,20,23)(H,24,25)/b21-9+. The lowest BCUT2D eigenvalue weighted by atomic mass is 9.93. The molecule has 0 amide bonds. The van der Waals surface area contributed by atoms with Gasteiger partial charge in [0.2, 0.25) is 5.82 Å². The molecule has 2 rings (SSSR count). The zero-order chi connectivity index (χ0) is 20.7. The van der Waals surface area contributed by atoms with Gasteiger partial charge < -0.3 is 15.3 Å². The number of nitrogens with one attached hydrogen (secondary N) is 1. The number of anilines is 1. The van der Waals surface area contributed by atoms with E-state index in [4.69, 9.17) is 9.94 Å². The SMILES string of the molecule is CCC(CC(=O)O/N=C(\C)c1nonc1NCC(=O)O)c1ccc(F)c(Br)c1. The maximum atomic E-state index is 13.4. The van der Waals surface area contributed by atoms with Crippen LogP contribution in [0.5, 0.6) is 0 Å². The summed E-state index contributed by atoms with van der Waals surface area (Å²) in [6.07, 6.45) is 0.693. The van der Waals surface area contributed by atoms with Crippen LogP contribution in [0.15, 0.2) is 32.5 Å². The molecule has 28 heavy (non-hydrogen) atoms. The van der Waals surface area contributed by atoms with E-state index in [0.29, 0.717) is 10.9 Å².